The molecule has 0 aromatic carbocycles. The van der Waals surface area contributed by atoms with Gasteiger partial charge in [0.05, 0.1) is 11.4 Å². The Hall–Kier alpha value is -1.75. The van der Waals surface area contributed by atoms with E-state index >= 15 is 0 Å². The Kier molecular flexibility index (Phi) is 2.40. The van der Waals surface area contributed by atoms with Crippen molar-refractivity contribution in [2.45, 2.75) is 18.8 Å². The van der Waals surface area contributed by atoms with E-state index in [9.17, 15) is 4.79 Å². The van der Waals surface area contributed by atoms with Crippen LogP contribution in [-0.2, 0) is 11.2 Å². The number of aliphatic carboxylic acids is 1. The minimum atomic E-state index is -0.776. The number of carboxylic acid groups (broad SMARTS) is 1. The van der Waals surface area contributed by atoms with Gasteiger partial charge >= 0.3 is 5.97 Å². The van der Waals surface area contributed by atoms with E-state index in [4.69, 9.17) is 5.11 Å². The minimum Gasteiger partial charge on any atom is -0.481 e. The molecule has 2 aromatic rings. The molecule has 2 aromatic heterocycles. The molecule has 4 nitrogen and oxygen atoms in total. The predicted octanol–water partition coefficient (Wildman–Crippen LogP) is 2.32. The van der Waals surface area contributed by atoms with Gasteiger partial charge in [-0.25, -0.2) is 4.98 Å². The van der Waals surface area contributed by atoms with E-state index < -0.39 is 11.9 Å². The fourth-order valence-electron chi connectivity index (χ4n) is 2.07. The van der Waals surface area contributed by atoms with E-state index in [1.807, 2.05) is 18.2 Å². The molecule has 0 fully saturated rings. The molecule has 0 spiro atoms. The first kappa shape index (κ1) is 10.4. The zero-order valence-corrected chi connectivity index (χ0v) is 9.78. The van der Waals surface area contributed by atoms with Gasteiger partial charge in [0.2, 0.25) is 0 Å². The van der Waals surface area contributed by atoms with E-state index in [2.05, 4.69) is 9.97 Å². The highest BCUT2D eigenvalue weighted by molar-refractivity contribution is 7.15. The second-order valence-electron chi connectivity index (χ2n) is 3.97. The Morgan fingerprint density at radius 2 is 2.35 bits per heavy atom. The lowest BCUT2D eigenvalue weighted by Crippen LogP contribution is -2.08. The second-order valence-corrected chi connectivity index (χ2v) is 5.06. The standard InChI is InChI=1S/C12H10N2O2S/c15-12(16)7-4-5-9-10(7)14-11(17-9)8-3-1-2-6-13-8/h1-3,6-7H,4-5H2,(H,15,16). The van der Waals surface area contributed by atoms with Crippen LogP contribution in [0.5, 0.6) is 0 Å². The smallest absolute Gasteiger partial charge is 0.312 e. The molecule has 1 aliphatic rings. The van der Waals surface area contributed by atoms with Crippen molar-refractivity contribution in [2.24, 2.45) is 0 Å². The number of carbonyl (C=O) groups is 1. The van der Waals surface area contributed by atoms with Gasteiger partial charge in [-0.15, -0.1) is 11.3 Å². The van der Waals surface area contributed by atoms with E-state index in [0.717, 1.165) is 27.7 Å². The number of pyridine rings is 1. The lowest BCUT2D eigenvalue weighted by molar-refractivity contribution is -0.138. The monoisotopic (exact) mass is 246 g/mol. The molecule has 1 aliphatic carbocycles. The van der Waals surface area contributed by atoms with Crippen molar-refractivity contribution in [3.63, 3.8) is 0 Å². The summed E-state index contributed by atoms with van der Waals surface area (Å²) in [6, 6.07) is 5.65. The minimum absolute atomic E-state index is 0.432. The first-order valence-corrected chi connectivity index (χ1v) is 6.21. The molecule has 1 N–H and O–H groups in total. The molecule has 1 unspecified atom stereocenters. The third kappa shape index (κ3) is 1.72. The summed E-state index contributed by atoms with van der Waals surface area (Å²) >= 11 is 1.56. The van der Waals surface area contributed by atoms with Crippen LogP contribution in [0.2, 0.25) is 0 Å². The van der Waals surface area contributed by atoms with Gasteiger partial charge in [-0.3, -0.25) is 9.78 Å². The molecule has 0 amide bonds. The molecule has 2 heterocycles. The maximum Gasteiger partial charge on any atom is 0.312 e. The molecule has 3 rings (SSSR count). The van der Waals surface area contributed by atoms with Crippen molar-refractivity contribution in [2.75, 3.05) is 0 Å². The van der Waals surface area contributed by atoms with Gasteiger partial charge in [0.1, 0.15) is 10.9 Å². The molecule has 0 radical (unpaired) electrons. The number of aromatic nitrogens is 2. The van der Waals surface area contributed by atoms with Gasteiger partial charge in [0, 0.05) is 11.1 Å². The van der Waals surface area contributed by atoms with E-state index in [1.165, 1.54) is 0 Å². The average molecular weight is 246 g/mol. The quantitative estimate of drug-likeness (QED) is 0.883. The summed E-state index contributed by atoms with van der Waals surface area (Å²) in [4.78, 5) is 20.8. The summed E-state index contributed by atoms with van der Waals surface area (Å²) in [6.45, 7) is 0. The Balaban J connectivity index is 2.02. The number of hydrogen-bond donors (Lipinski definition) is 1. The van der Waals surface area contributed by atoms with Gasteiger partial charge in [0.25, 0.3) is 0 Å². The largest absolute Gasteiger partial charge is 0.481 e. The van der Waals surface area contributed by atoms with E-state index in [-0.39, 0.29) is 0 Å². The molecule has 0 saturated heterocycles. The summed E-state index contributed by atoms with van der Waals surface area (Å²) < 4.78 is 0. The van der Waals surface area contributed by atoms with Crippen LogP contribution in [0.1, 0.15) is 22.9 Å². The van der Waals surface area contributed by atoms with Crippen molar-refractivity contribution < 1.29 is 9.90 Å². The number of nitrogens with zero attached hydrogens (tertiary/aromatic N) is 2. The first-order valence-electron chi connectivity index (χ1n) is 5.39. The van der Waals surface area contributed by atoms with Crippen molar-refractivity contribution in [3.05, 3.63) is 35.0 Å². The molecule has 5 heteroatoms. The number of carboxylic acids is 1. The first-order chi connectivity index (χ1) is 8.25. The van der Waals surface area contributed by atoms with Crippen molar-refractivity contribution >= 4 is 17.3 Å². The van der Waals surface area contributed by atoms with Gasteiger partial charge in [-0.05, 0) is 25.0 Å². The Morgan fingerprint density at radius 1 is 1.47 bits per heavy atom. The Labute approximate surface area is 102 Å². The van der Waals surface area contributed by atoms with E-state index in [0.29, 0.717) is 6.42 Å². The third-order valence-corrected chi connectivity index (χ3v) is 4.05. The van der Waals surface area contributed by atoms with Crippen LogP contribution >= 0.6 is 11.3 Å². The van der Waals surface area contributed by atoms with Gasteiger partial charge in [0.15, 0.2) is 0 Å². The predicted molar refractivity (Wildman–Crippen MR) is 64.0 cm³/mol. The number of rotatable bonds is 2. The van der Waals surface area contributed by atoms with Crippen LogP contribution in [0.15, 0.2) is 24.4 Å². The average Bonchev–Trinajstić information content (AvgIpc) is 2.88. The van der Waals surface area contributed by atoms with Gasteiger partial charge in [-0.1, -0.05) is 6.07 Å². The molecule has 1 atom stereocenters. The lowest BCUT2D eigenvalue weighted by Gasteiger charge is -2.01. The Bertz CT molecular complexity index is 565. The van der Waals surface area contributed by atoms with Crippen LogP contribution < -0.4 is 0 Å². The molecule has 86 valence electrons. The van der Waals surface area contributed by atoms with Crippen molar-refractivity contribution in [1.29, 1.82) is 0 Å². The number of thiazole rings is 1. The zero-order chi connectivity index (χ0) is 11.8. The molecule has 0 aliphatic heterocycles. The molecule has 0 saturated carbocycles. The highest BCUT2D eigenvalue weighted by Gasteiger charge is 2.32. The van der Waals surface area contributed by atoms with Crippen LogP contribution in [0.4, 0.5) is 0 Å². The van der Waals surface area contributed by atoms with E-state index in [1.54, 1.807) is 17.5 Å². The fraction of sp³-hybridized carbons (Fsp3) is 0.250. The fourth-order valence-corrected chi connectivity index (χ4v) is 3.18. The summed E-state index contributed by atoms with van der Waals surface area (Å²) in [5.74, 6) is -1.21. The highest BCUT2D eigenvalue weighted by Crippen LogP contribution is 2.39. The lowest BCUT2D eigenvalue weighted by atomic mass is 10.1. The molecule has 17 heavy (non-hydrogen) atoms. The molecule has 0 bridgehead atoms. The van der Waals surface area contributed by atoms with Crippen LogP contribution in [0, 0.1) is 0 Å². The number of fused-ring (bicyclic) bond motifs is 1. The Morgan fingerprint density at radius 3 is 3.06 bits per heavy atom. The normalized spacial score (nSPS) is 18.0. The highest BCUT2D eigenvalue weighted by atomic mass is 32.1. The maximum absolute atomic E-state index is 11.1. The summed E-state index contributed by atoms with van der Waals surface area (Å²) in [6.07, 6.45) is 3.21. The zero-order valence-electron chi connectivity index (χ0n) is 8.96. The number of hydrogen-bond acceptors (Lipinski definition) is 4. The van der Waals surface area contributed by atoms with Gasteiger partial charge < -0.3 is 5.11 Å². The topological polar surface area (TPSA) is 63.1 Å². The summed E-state index contributed by atoms with van der Waals surface area (Å²) in [7, 11) is 0. The van der Waals surface area contributed by atoms with Crippen molar-refractivity contribution in [1.82, 2.24) is 9.97 Å². The second kappa shape index (κ2) is 3.92. The van der Waals surface area contributed by atoms with Gasteiger partial charge in [-0.2, -0.15) is 0 Å². The van der Waals surface area contributed by atoms with Crippen LogP contribution in [-0.4, -0.2) is 21.0 Å². The summed E-state index contributed by atoms with van der Waals surface area (Å²) in [5.41, 5.74) is 1.55. The SMILES string of the molecule is O=C(O)C1CCc2sc(-c3ccccn3)nc21. The van der Waals surface area contributed by atoms with Crippen LogP contribution in [0.3, 0.4) is 0 Å². The molecular formula is C12H10N2O2S. The maximum atomic E-state index is 11.1. The van der Waals surface area contributed by atoms with Crippen LogP contribution in [0.25, 0.3) is 10.7 Å². The summed E-state index contributed by atoms with van der Waals surface area (Å²) in [5, 5.41) is 9.91. The third-order valence-electron chi connectivity index (χ3n) is 2.90. The molecular weight excluding hydrogens is 236 g/mol. The van der Waals surface area contributed by atoms with Crippen molar-refractivity contribution in [3.8, 4) is 10.7 Å². The number of aryl methyl sites for hydroxylation is 1.